The van der Waals surface area contributed by atoms with Crippen LogP contribution in [0.4, 0.5) is 0 Å². The lowest BCUT2D eigenvalue weighted by atomic mass is 10.1. The minimum Gasteiger partial charge on any atom is -0.485 e. The van der Waals surface area contributed by atoms with E-state index in [1.165, 1.54) is 5.56 Å². The van der Waals surface area contributed by atoms with E-state index in [2.05, 4.69) is 41.3 Å². The fourth-order valence-corrected chi connectivity index (χ4v) is 1.83. The monoisotopic (exact) mass is 257 g/mol. The van der Waals surface area contributed by atoms with Crippen LogP contribution in [0.15, 0.2) is 36.7 Å². The van der Waals surface area contributed by atoms with Gasteiger partial charge in [0.1, 0.15) is 12.4 Å². The Morgan fingerprint density at radius 3 is 2.68 bits per heavy atom. The van der Waals surface area contributed by atoms with Crippen LogP contribution in [0.2, 0.25) is 0 Å². The number of rotatable bonds is 5. The van der Waals surface area contributed by atoms with Gasteiger partial charge in [0.05, 0.1) is 0 Å². The zero-order valence-electron chi connectivity index (χ0n) is 11.6. The van der Waals surface area contributed by atoms with Crippen LogP contribution in [-0.2, 0) is 6.61 Å². The molecule has 1 aromatic heterocycles. The number of hydrogen-bond acceptors (Lipinski definition) is 4. The number of ether oxygens (including phenoxy) is 1. The predicted molar refractivity (Wildman–Crippen MR) is 75.0 cm³/mol. The molecule has 0 radical (unpaired) electrons. The largest absolute Gasteiger partial charge is 0.485 e. The summed E-state index contributed by atoms with van der Waals surface area (Å²) in [6.07, 6.45) is 3.44. The maximum absolute atomic E-state index is 5.86. The highest BCUT2D eigenvalue weighted by atomic mass is 16.5. The summed E-state index contributed by atoms with van der Waals surface area (Å²) >= 11 is 0. The van der Waals surface area contributed by atoms with E-state index < -0.39 is 0 Å². The van der Waals surface area contributed by atoms with Crippen molar-refractivity contribution in [3.05, 3.63) is 53.6 Å². The molecule has 2 aromatic rings. The molecule has 0 fully saturated rings. The van der Waals surface area contributed by atoms with Crippen LogP contribution in [0.25, 0.3) is 0 Å². The van der Waals surface area contributed by atoms with Gasteiger partial charge in [0.2, 0.25) is 0 Å². The summed E-state index contributed by atoms with van der Waals surface area (Å²) in [6.45, 7) is 4.55. The highest BCUT2D eigenvalue weighted by Gasteiger charge is 2.10. The third kappa shape index (κ3) is 3.51. The average molecular weight is 257 g/mol. The van der Waals surface area contributed by atoms with E-state index in [9.17, 15) is 0 Å². The van der Waals surface area contributed by atoms with E-state index in [0.29, 0.717) is 12.4 Å². The number of nitrogens with one attached hydrogen (secondary N) is 1. The summed E-state index contributed by atoms with van der Waals surface area (Å²) in [5, 5.41) is 3.23. The zero-order valence-corrected chi connectivity index (χ0v) is 11.6. The molecule has 0 aliphatic rings. The van der Waals surface area contributed by atoms with Crippen molar-refractivity contribution in [2.24, 2.45) is 0 Å². The second kappa shape index (κ2) is 6.29. The number of nitrogens with zero attached hydrogens (tertiary/aromatic N) is 2. The minimum absolute atomic E-state index is 0.243. The van der Waals surface area contributed by atoms with Crippen LogP contribution in [-0.4, -0.2) is 17.0 Å². The summed E-state index contributed by atoms with van der Waals surface area (Å²) in [4.78, 5) is 8.32. The van der Waals surface area contributed by atoms with Gasteiger partial charge in [-0.1, -0.05) is 12.1 Å². The van der Waals surface area contributed by atoms with E-state index in [1.807, 2.05) is 13.1 Å². The Morgan fingerprint density at radius 2 is 2.00 bits per heavy atom. The summed E-state index contributed by atoms with van der Waals surface area (Å²) in [7, 11) is 1.94. The first kappa shape index (κ1) is 13.5. The molecule has 4 heteroatoms. The van der Waals surface area contributed by atoms with Gasteiger partial charge in [-0.25, -0.2) is 9.97 Å². The van der Waals surface area contributed by atoms with E-state index in [4.69, 9.17) is 4.74 Å². The molecule has 0 saturated carbocycles. The molecule has 19 heavy (non-hydrogen) atoms. The van der Waals surface area contributed by atoms with E-state index in [0.717, 1.165) is 11.3 Å². The Kier molecular flexibility index (Phi) is 4.47. The Hall–Kier alpha value is -1.94. The number of hydrogen-bond donors (Lipinski definition) is 1. The van der Waals surface area contributed by atoms with Gasteiger partial charge >= 0.3 is 0 Å². The quantitative estimate of drug-likeness (QED) is 0.894. The lowest BCUT2D eigenvalue weighted by Crippen LogP contribution is -2.14. The molecule has 1 N–H and O–H groups in total. The third-order valence-electron chi connectivity index (χ3n) is 3.04. The SMILES string of the molecule is CNC(C)c1ccc(C)cc1OCc1ncccn1. The standard InChI is InChI=1S/C15H19N3O/c1-11-5-6-13(12(2)16-3)14(9-11)19-10-15-17-7-4-8-18-15/h4-9,12,16H,10H2,1-3H3. The normalized spacial score (nSPS) is 12.2. The molecular weight excluding hydrogens is 238 g/mol. The molecule has 0 amide bonds. The molecule has 2 rings (SSSR count). The smallest absolute Gasteiger partial charge is 0.166 e. The lowest BCUT2D eigenvalue weighted by molar-refractivity contribution is 0.290. The molecule has 0 bridgehead atoms. The molecule has 1 aromatic carbocycles. The number of aromatic nitrogens is 2. The molecule has 4 nitrogen and oxygen atoms in total. The molecule has 1 heterocycles. The van der Waals surface area contributed by atoms with Crippen molar-refractivity contribution < 1.29 is 4.74 Å². The fraction of sp³-hybridized carbons (Fsp3) is 0.333. The van der Waals surface area contributed by atoms with Crippen LogP contribution in [0, 0.1) is 6.92 Å². The molecule has 1 unspecified atom stereocenters. The third-order valence-corrected chi connectivity index (χ3v) is 3.04. The summed E-state index contributed by atoms with van der Waals surface area (Å²) in [5.41, 5.74) is 2.32. The van der Waals surface area contributed by atoms with Crippen molar-refractivity contribution in [2.75, 3.05) is 7.05 Å². The maximum Gasteiger partial charge on any atom is 0.166 e. The van der Waals surface area contributed by atoms with Gasteiger partial charge < -0.3 is 10.1 Å². The summed E-state index contributed by atoms with van der Waals surface area (Å²) < 4.78 is 5.86. The van der Waals surface area contributed by atoms with Crippen LogP contribution in [0.5, 0.6) is 5.75 Å². The van der Waals surface area contributed by atoms with Crippen molar-refractivity contribution in [3.8, 4) is 5.75 Å². The van der Waals surface area contributed by atoms with Crippen LogP contribution in [0.3, 0.4) is 0 Å². The molecule has 100 valence electrons. The second-order valence-electron chi connectivity index (χ2n) is 4.51. The minimum atomic E-state index is 0.243. The number of aryl methyl sites for hydroxylation is 1. The topological polar surface area (TPSA) is 47.0 Å². The first-order valence-electron chi connectivity index (χ1n) is 6.37. The zero-order chi connectivity index (χ0) is 13.7. The molecule has 0 saturated heterocycles. The Bertz CT molecular complexity index is 528. The first-order valence-corrected chi connectivity index (χ1v) is 6.37. The van der Waals surface area contributed by atoms with Gasteiger partial charge in [-0.2, -0.15) is 0 Å². The van der Waals surface area contributed by atoms with Crippen molar-refractivity contribution in [3.63, 3.8) is 0 Å². The molecular formula is C15H19N3O. The Balaban J connectivity index is 2.16. The second-order valence-corrected chi connectivity index (χ2v) is 4.51. The average Bonchev–Trinajstić information content (AvgIpc) is 2.45. The van der Waals surface area contributed by atoms with Crippen LogP contribution < -0.4 is 10.1 Å². The van der Waals surface area contributed by atoms with Crippen molar-refractivity contribution in [1.29, 1.82) is 0 Å². The highest BCUT2D eigenvalue weighted by Crippen LogP contribution is 2.26. The van der Waals surface area contributed by atoms with Gasteiger partial charge in [0, 0.05) is 24.0 Å². The molecule has 0 spiro atoms. The van der Waals surface area contributed by atoms with Crippen molar-refractivity contribution in [2.45, 2.75) is 26.5 Å². The van der Waals surface area contributed by atoms with Gasteiger partial charge in [0.15, 0.2) is 5.82 Å². The van der Waals surface area contributed by atoms with Crippen molar-refractivity contribution >= 4 is 0 Å². The van der Waals surface area contributed by atoms with Gasteiger partial charge in [-0.15, -0.1) is 0 Å². The van der Waals surface area contributed by atoms with Gasteiger partial charge in [-0.3, -0.25) is 0 Å². The molecule has 0 aliphatic heterocycles. The highest BCUT2D eigenvalue weighted by molar-refractivity contribution is 5.39. The van der Waals surface area contributed by atoms with E-state index in [1.54, 1.807) is 18.5 Å². The Labute approximate surface area is 113 Å². The predicted octanol–water partition coefficient (Wildman–Crippen LogP) is 2.64. The van der Waals surface area contributed by atoms with Crippen molar-refractivity contribution in [1.82, 2.24) is 15.3 Å². The maximum atomic E-state index is 5.86. The first-order chi connectivity index (χ1) is 9.20. The fourth-order valence-electron chi connectivity index (χ4n) is 1.83. The molecule has 0 aliphatic carbocycles. The number of benzene rings is 1. The van der Waals surface area contributed by atoms with Crippen LogP contribution >= 0.6 is 0 Å². The summed E-state index contributed by atoms with van der Waals surface area (Å²) in [6, 6.07) is 8.27. The van der Waals surface area contributed by atoms with Gasteiger partial charge in [0.25, 0.3) is 0 Å². The van der Waals surface area contributed by atoms with Crippen LogP contribution in [0.1, 0.15) is 29.9 Å². The van der Waals surface area contributed by atoms with E-state index in [-0.39, 0.29) is 6.04 Å². The Morgan fingerprint density at radius 1 is 1.26 bits per heavy atom. The summed E-state index contributed by atoms with van der Waals surface area (Å²) in [5.74, 6) is 1.57. The lowest BCUT2D eigenvalue weighted by Gasteiger charge is -2.16. The van der Waals surface area contributed by atoms with E-state index >= 15 is 0 Å². The molecule has 1 atom stereocenters. The van der Waals surface area contributed by atoms with Gasteiger partial charge in [-0.05, 0) is 38.6 Å².